The molecule has 2 rings (SSSR count). The monoisotopic (exact) mass is 323 g/mol. The Kier molecular flexibility index (Phi) is 4.74. The van der Waals surface area contributed by atoms with Crippen molar-refractivity contribution < 1.29 is 5.11 Å². The molecule has 0 aliphatic heterocycles. The van der Waals surface area contributed by atoms with E-state index in [-0.39, 0.29) is 0 Å². The van der Waals surface area contributed by atoms with Gasteiger partial charge in [0.1, 0.15) is 0 Å². The molecule has 0 fully saturated rings. The summed E-state index contributed by atoms with van der Waals surface area (Å²) in [5, 5.41) is 14.2. The number of pyridine rings is 1. The molecule has 19 heavy (non-hydrogen) atoms. The van der Waals surface area contributed by atoms with Crippen LogP contribution in [0.2, 0.25) is 0 Å². The molecule has 0 spiro atoms. The van der Waals surface area contributed by atoms with Gasteiger partial charge >= 0.3 is 0 Å². The molecule has 1 atom stereocenters. The highest BCUT2D eigenvalue weighted by molar-refractivity contribution is 9.10. The Morgan fingerprint density at radius 1 is 1.42 bits per heavy atom. The van der Waals surface area contributed by atoms with E-state index in [9.17, 15) is 5.11 Å². The number of para-hydroxylation sites is 1. The van der Waals surface area contributed by atoms with E-state index in [1.807, 2.05) is 43.3 Å². The van der Waals surface area contributed by atoms with Gasteiger partial charge in [0.2, 0.25) is 0 Å². The summed E-state index contributed by atoms with van der Waals surface area (Å²) in [5.41, 5.74) is 1.87. The van der Waals surface area contributed by atoms with E-state index in [0.29, 0.717) is 13.1 Å². The molecule has 0 aliphatic rings. The number of nitrogens with zero attached hydrogens (tertiary/aromatic N) is 2. The van der Waals surface area contributed by atoms with E-state index in [0.717, 1.165) is 21.1 Å². The van der Waals surface area contributed by atoms with Crippen molar-refractivity contribution in [2.75, 3.05) is 32.5 Å². The van der Waals surface area contributed by atoms with Crippen LogP contribution in [0.25, 0.3) is 10.9 Å². The number of halogens is 1. The Morgan fingerprint density at radius 3 is 2.95 bits per heavy atom. The van der Waals surface area contributed by atoms with Crippen LogP contribution in [-0.2, 0) is 0 Å². The largest absolute Gasteiger partial charge is 0.390 e. The van der Waals surface area contributed by atoms with Gasteiger partial charge in [-0.25, -0.2) is 0 Å². The fourth-order valence-electron chi connectivity index (χ4n) is 1.99. The highest BCUT2D eigenvalue weighted by Crippen LogP contribution is 2.23. The van der Waals surface area contributed by atoms with Crippen LogP contribution >= 0.6 is 15.9 Å². The van der Waals surface area contributed by atoms with Crippen molar-refractivity contribution in [1.29, 1.82) is 0 Å². The van der Waals surface area contributed by atoms with Gasteiger partial charge in [0, 0.05) is 29.1 Å². The predicted octanol–water partition coefficient (Wildman–Crippen LogP) is 2.33. The standard InChI is InChI=1S/C14H18BrN3O/c1-18(2)9-12(19)8-16-13-5-3-4-10-6-11(15)7-17-14(10)13/h3-7,12,16,19H,8-9H2,1-2H3. The lowest BCUT2D eigenvalue weighted by atomic mass is 10.2. The summed E-state index contributed by atoms with van der Waals surface area (Å²) in [5.74, 6) is 0. The average molecular weight is 324 g/mol. The minimum absolute atomic E-state index is 0.402. The molecule has 0 bridgehead atoms. The topological polar surface area (TPSA) is 48.4 Å². The van der Waals surface area contributed by atoms with Crippen LogP contribution in [0.5, 0.6) is 0 Å². The summed E-state index contributed by atoms with van der Waals surface area (Å²) >= 11 is 3.42. The van der Waals surface area contributed by atoms with E-state index in [1.54, 1.807) is 6.20 Å². The van der Waals surface area contributed by atoms with E-state index >= 15 is 0 Å². The highest BCUT2D eigenvalue weighted by atomic mass is 79.9. The number of aromatic nitrogens is 1. The number of fused-ring (bicyclic) bond motifs is 1. The quantitative estimate of drug-likeness (QED) is 0.886. The summed E-state index contributed by atoms with van der Waals surface area (Å²) < 4.78 is 0.963. The van der Waals surface area contributed by atoms with Gasteiger partial charge in [-0.1, -0.05) is 12.1 Å². The number of aliphatic hydroxyl groups is 1. The van der Waals surface area contributed by atoms with Crippen LogP contribution in [0.4, 0.5) is 5.69 Å². The number of rotatable bonds is 5. The second-order valence-corrected chi connectivity index (χ2v) is 5.74. The van der Waals surface area contributed by atoms with Crippen molar-refractivity contribution in [1.82, 2.24) is 9.88 Å². The Bertz CT molecular complexity index is 559. The third kappa shape index (κ3) is 3.89. The van der Waals surface area contributed by atoms with Gasteiger partial charge in [-0.3, -0.25) is 4.98 Å². The third-order valence-corrected chi connectivity index (χ3v) is 3.22. The Hall–Kier alpha value is -1.17. The van der Waals surface area contributed by atoms with E-state index in [1.165, 1.54) is 0 Å². The number of hydrogen-bond donors (Lipinski definition) is 2. The van der Waals surface area contributed by atoms with Gasteiger partial charge < -0.3 is 15.3 Å². The zero-order valence-corrected chi connectivity index (χ0v) is 12.7. The molecule has 2 N–H and O–H groups in total. The molecule has 102 valence electrons. The molecule has 0 aliphatic carbocycles. The SMILES string of the molecule is CN(C)CC(O)CNc1cccc2cc(Br)cnc12. The summed E-state index contributed by atoms with van der Waals surface area (Å²) in [6, 6.07) is 8.01. The lowest BCUT2D eigenvalue weighted by Crippen LogP contribution is -2.31. The van der Waals surface area contributed by atoms with Crippen LogP contribution in [0, 0.1) is 0 Å². The molecule has 0 radical (unpaired) electrons. The smallest absolute Gasteiger partial charge is 0.0934 e. The predicted molar refractivity (Wildman–Crippen MR) is 82.5 cm³/mol. The number of benzene rings is 1. The summed E-state index contributed by atoms with van der Waals surface area (Å²) in [4.78, 5) is 6.38. The molecule has 4 nitrogen and oxygen atoms in total. The lowest BCUT2D eigenvalue weighted by molar-refractivity contribution is 0.148. The van der Waals surface area contributed by atoms with Crippen molar-refractivity contribution >= 4 is 32.5 Å². The maximum Gasteiger partial charge on any atom is 0.0934 e. The molecular formula is C14H18BrN3O. The zero-order chi connectivity index (χ0) is 13.8. The first-order chi connectivity index (χ1) is 9.06. The molecule has 2 aromatic rings. The number of likely N-dealkylation sites (N-methyl/N-ethyl adjacent to an activating group) is 1. The van der Waals surface area contributed by atoms with Crippen LogP contribution in [0.15, 0.2) is 34.9 Å². The molecule has 0 amide bonds. The van der Waals surface area contributed by atoms with Crippen LogP contribution in [0.1, 0.15) is 0 Å². The van der Waals surface area contributed by atoms with Gasteiger partial charge in [0.15, 0.2) is 0 Å². The average Bonchev–Trinajstić information content (AvgIpc) is 2.35. The second kappa shape index (κ2) is 6.32. The summed E-state index contributed by atoms with van der Waals surface area (Å²) in [7, 11) is 3.89. The Balaban J connectivity index is 2.12. The minimum Gasteiger partial charge on any atom is -0.390 e. The van der Waals surface area contributed by atoms with Crippen LogP contribution in [-0.4, -0.2) is 48.3 Å². The number of hydrogen-bond acceptors (Lipinski definition) is 4. The van der Waals surface area contributed by atoms with Gasteiger partial charge in [-0.05, 0) is 42.2 Å². The van der Waals surface area contributed by atoms with Crippen molar-refractivity contribution in [3.63, 3.8) is 0 Å². The zero-order valence-electron chi connectivity index (χ0n) is 11.1. The number of aliphatic hydroxyl groups excluding tert-OH is 1. The van der Waals surface area contributed by atoms with E-state index < -0.39 is 6.10 Å². The van der Waals surface area contributed by atoms with Crippen LogP contribution < -0.4 is 5.32 Å². The molecule has 1 aromatic heterocycles. The highest BCUT2D eigenvalue weighted by Gasteiger charge is 2.07. The summed E-state index contributed by atoms with van der Waals surface area (Å²) in [6.07, 6.45) is 1.38. The first kappa shape index (κ1) is 14.2. The second-order valence-electron chi connectivity index (χ2n) is 4.83. The Morgan fingerprint density at radius 2 is 2.21 bits per heavy atom. The van der Waals surface area contributed by atoms with Gasteiger partial charge in [0.05, 0.1) is 17.3 Å². The van der Waals surface area contributed by atoms with Crippen molar-refractivity contribution in [2.45, 2.75) is 6.10 Å². The molecule has 1 aromatic carbocycles. The van der Waals surface area contributed by atoms with Crippen molar-refractivity contribution in [3.8, 4) is 0 Å². The fraction of sp³-hybridized carbons (Fsp3) is 0.357. The Labute approximate surface area is 121 Å². The molecule has 1 heterocycles. The fourth-order valence-corrected chi connectivity index (χ4v) is 2.34. The minimum atomic E-state index is -0.402. The molecule has 0 saturated heterocycles. The van der Waals surface area contributed by atoms with Crippen molar-refractivity contribution in [2.24, 2.45) is 0 Å². The van der Waals surface area contributed by atoms with Gasteiger partial charge in [0.25, 0.3) is 0 Å². The molecule has 5 heteroatoms. The van der Waals surface area contributed by atoms with E-state index in [4.69, 9.17) is 0 Å². The third-order valence-electron chi connectivity index (χ3n) is 2.78. The molecule has 0 saturated carbocycles. The number of anilines is 1. The van der Waals surface area contributed by atoms with Crippen molar-refractivity contribution in [3.05, 3.63) is 34.9 Å². The summed E-state index contributed by atoms with van der Waals surface area (Å²) in [6.45, 7) is 1.14. The maximum absolute atomic E-state index is 9.87. The number of nitrogens with one attached hydrogen (secondary N) is 1. The normalized spacial score (nSPS) is 12.9. The lowest BCUT2D eigenvalue weighted by Gasteiger charge is -2.17. The molecular weight excluding hydrogens is 306 g/mol. The van der Waals surface area contributed by atoms with Crippen LogP contribution in [0.3, 0.4) is 0 Å². The first-order valence-corrected chi connectivity index (χ1v) is 6.96. The molecule has 1 unspecified atom stereocenters. The first-order valence-electron chi connectivity index (χ1n) is 6.17. The maximum atomic E-state index is 9.87. The van der Waals surface area contributed by atoms with Gasteiger partial charge in [-0.2, -0.15) is 0 Å². The van der Waals surface area contributed by atoms with Gasteiger partial charge in [-0.15, -0.1) is 0 Å². The van der Waals surface area contributed by atoms with E-state index in [2.05, 4.69) is 26.2 Å².